The fourth-order valence-corrected chi connectivity index (χ4v) is 2.46. The molecule has 0 amide bonds. The minimum absolute atomic E-state index is 0.693. The molecule has 2 unspecified atom stereocenters. The van der Waals surface area contributed by atoms with Gasteiger partial charge in [0, 0.05) is 0 Å². The molecule has 1 aliphatic rings. The van der Waals surface area contributed by atoms with Crippen LogP contribution in [0.1, 0.15) is 40.0 Å². The Labute approximate surface area is 75.4 Å². The molecule has 0 saturated heterocycles. The summed E-state index contributed by atoms with van der Waals surface area (Å²) in [4.78, 5) is 1.31. The molecule has 0 bridgehead atoms. The van der Waals surface area contributed by atoms with E-state index in [0.29, 0.717) is 5.92 Å². The van der Waals surface area contributed by atoms with Crippen LogP contribution in [0.2, 0.25) is 0 Å². The lowest BCUT2D eigenvalue weighted by atomic mass is 9.74. The predicted octanol–water partition coefficient (Wildman–Crippen LogP) is 3.45. The average molecular weight is 170 g/mol. The third kappa shape index (κ3) is 2.02. The quantitative estimate of drug-likeness (QED) is 0.543. The predicted molar refractivity (Wildman–Crippen MR) is 53.9 cm³/mol. The summed E-state index contributed by atoms with van der Waals surface area (Å²) in [6, 6.07) is 0. The molecule has 0 nitrogen and oxygen atoms in total. The van der Waals surface area contributed by atoms with Gasteiger partial charge in [-0.05, 0) is 41.9 Å². The van der Waals surface area contributed by atoms with Crippen LogP contribution in [0.3, 0.4) is 0 Å². The van der Waals surface area contributed by atoms with Crippen molar-refractivity contribution in [1.29, 1.82) is 0 Å². The molecule has 0 heterocycles. The van der Waals surface area contributed by atoms with E-state index in [1.165, 1.54) is 24.1 Å². The molecule has 0 aromatic carbocycles. The lowest BCUT2D eigenvalue weighted by molar-refractivity contribution is 0.284. The van der Waals surface area contributed by atoms with Crippen LogP contribution in [0.4, 0.5) is 0 Å². The van der Waals surface area contributed by atoms with E-state index in [1.54, 1.807) is 0 Å². The van der Waals surface area contributed by atoms with Crippen molar-refractivity contribution in [2.75, 3.05) is 0 Å². The minimum Gasteiger partial charge on any atom is -0.0894 e. The zero-order valence-electron chi connectivity index (χ0n) is 7.76. The smallest absolute Gasteiger partial charge is 0.00405 e. The fourth-order valence-electron chi connectivity index (χ4n) is 2.14. The Balaban J connectivity index is 2.58. The maximum Gasteiger partial charge on any atom is -0.00405 e. The van der Waals surface area contributed by atoms with Crippen LogP contribution >= 0.6 is 12.2 Å². The normalized spacial score (nSPS) is 32.9. The molecule has 2 atom stereocenters. The lowest BCUT2D eigenvalue weighted by Crippen LogP contribution is -2.28. The van der Waals surface area contributed by atoms with Crippen molar-refractivity contribution in [3.8, 4) is 0 Å². The molecule has 0 aliphatic heterocycles. The topological polar surface area (TPSA) is 0 Å². The van der Waals surface area contributed by atoms with Gasteiger partial charge in [-0.3, -0.25) is 0 Å². The van der Waals surface area contributed by atoms with Gasteiger partial charge in [0.05, 0.1) is 0 Å². The van der Waals surface area contributed by atoms with E-state index in [1.807, 2.05) is 0 Å². The van der Waals surface area contributed by atoms with Gasteiger partial charge in [-0.25, -0.2) is 0 Å². The maximum absolute atomic E-state index is 5.32. The second-order valence-corrected chi connectivity index (χ2v) is 4.58. The van der Waals surface area contributed by atoms with Crippen molar-refractivity contribution in [3.05, 3.63) is 0 Å². The highest BCUT2D eigenvalue weighted by Gasteiger charge is 2.27. The first-order valence-electron chi connectivity index (χ1n) is 4.65. The van der Waals surface area contributed by atoms with Crippen molar-refractivity contribution in [2.24, 2.45) is 17.8 Å². The van der Waals surface area contributed by atoms with Gasteiger partial charge in [0.15, 0.2) is 0 Å². The van der Waals surface area contributed by atoms with Crippen molar-refractivity contribution in [2.45, 2.75) is 40.0 Å². The molecule has 1 fully saturated rings. The molecule has 0 N–H and O–H groups in total. The summed E-state index contributed by atoms with van der Waals surface area (Å²) in [6.07, 6.45) is 3.91. The van der Waals surface area contributed by atoms with Crippen molar-refractivity contribution < 1.29 is 0 Å². The zero-order chi connectivity index (χ0) is 8.43. The van der Waals surface area contributed by atoms with Gasteiger partial charge in [0.2, 0.25) is 0 Å². The van der Waals surface area contributed by atoms with Crippen LogP contribution in [0.15, 0.2) is 0 Å². The first-order valence-corrected chi connectivity index (χ1v) is 5.06. The molecule has 1 saturated carbocycles. The van der Waals surface area contributed by atoms with E-state index in [-0.39, 0.29) is 0 Å². The van der Waals surface area contributed by atoms with Crippen LogP contribution in [0.25, 0.3) is 0 Å². The number of hydrogen-bond donors (Lipinski definition) is 0. The molecule has 0 spiro atoms. The highest BCUT2D eigenvalue weighted by molar-refractivity contribution is 7.80. The Morgan fingerprint density at radius 2 is 2.09 bits per heavy atom. The number of rotatable bonds is 1. The summed E-state index contributed by atoms with van der Waals surface area (Å²) in [5.41, 5.74) is 0. The van der Waals surface area contributed by atoms with Gasteiger partial charge in [-0.15, -0.1) is 0 Å². The largest absolute Gasteiger partial charge is 0.0894 e. The highest BCUT2D eigenvalue weighted by Crippen LogP contribution is 2.33. The Morgan fingerprint density at radius 1 is 1.45 bits per heavy atom. The Kier molecular flexibility index (Phi) is 3.06. The van der Waals surface area contributed by atoms with Crippen LogP contribution in [0.5, 0.6) is 0 Å². The van der Waals surface area contributed by atoms with Crippen LogP contribution in [-0.2, 0) is 0 Å². The van der Waals surface area contributed by atoms with E-state index in [0.717, 1.165) is 11.8 Å². The van der Waals surface area contributed by atoms with Gasteiger partial charge in [-0.1, -0.05) is 33.0 Å². The van der Waals surface area contributed by atoms with Crippen LogP contribution < -0.4 is 0 Å². The SMILES string of the molecule is CC(C)C1CCCC(=S)C1C. The second kappa shape index (κ2) is 3.66. The summed E-state index contributed by atoms with van der Waals surface area (Å²) in [6.45, 7) is 6.93. The summed E-state index contributed by atoms with van der Waals surface area (Å²) in [7, 11) is 0. The second-order valence-electron chi connectivity index (χ2n) is 4.06. The molecule has 1 rings (SSSR count). The summed E-state index contributed by atoms with van der Waals surface area (Å²) < 4.78 is 0. The summed E-state index contributed by atoms with van der Waals surface area (Å²) in [5, 5.41) is 0. The summed E-state index contributed by atoms with van der Waals surface area (Å²) >= 11 is 5.32. The van der Waals surface area contributed by atoms with E-state index in [2.05, 4.69) is 20.8 Å². The first kappa shape index (κ1) is 9.18. The van der Waals surface area contributed by atoms with Gasteiger partial charge in [-0.2, -0.15) is 0 Å². The van der Waals surface area contributed by atoms with Crippen molar-refractivity contribution >= 4 is 17.1 Å². The zero-order valence-corrected chi connectivity index (χ0v) is 8.58. The van der Waals surface area contributed by atoms with Gasteiger partial charge >= 0.3 is 0 Å². The molecule has 1 aliphatic carbocycles. The Bertz CT molecular complexity index is 149. The monoisotopic (exact) mass is 170 g/mol. The lowest BCUT2D eigenvalue weighted by Gasteiger charge is -2.32. The van der Waals surface area contributed by atoms with E-state index < -0.39 is 0 Å². The third-order valence-corrected chi connectivity index (χ3v) is 3.54. The Hall–Kier alpha value is 0.0900. The van der Waals surface area contributed by atoms with E-state index in [4.69, 9.17) is 12.2 Å². The number of thiocarbonyl (C=S) groups is 1. The molecule has 0 aromatic rings. The van der Waals surface area contributed by atoms with E-state index >= 15 is 0 Å². The molecular formula is C10H18S. The minimum atomic E-state index is 0.693. The third-order valence-electron chi connectivity index (χ3n) is 2.97. The average Bonchev–Trinajstić information content (AvgIpc) is 1.94. The van der Waals surface area contributed by atoms with E-state index in [9.17, 15) is 0 Å². The molecule has 0 aromatic heterocycles. The standard InChI is InChI=1S/C10H18S/c1-7(2)9-5-4-6-10(11)8(9)3/h7-9H,4-6H2,1-3H3. The Morgan fingerprint density at radius 3 is 2.55 bits per heavy atom. The van der Waals surface area contributed by atoms with Gasteiger partial charge in [0.1, 0.15) is 0 Å². The van der Waals surface area contributed by atoms with Gasteiger partial charge in [0.25, 0.3) is 0 Å². The summed E-state index contributed by atoms with van der Waals surface area (Å²) in [5.74, 6) is 2.36. The molecule has 64 valence electrons. The first-order chi connectivity index (χ1) is 5.13. The molecular weight excluding hydrogens is 152 g/mol. The number of hydrogen-bond acceptors (Lipinski definition) is 1. The van der Waals surface area contributed by atoms with Crippen LogP contribution in [0, 0.1) is 17.8 Å². The molecule has 0 radical (unpaired) electrons. The van der Waals surface area contributed by atoms with Gasteiger partial charge < -0.3 is 0 Å². The molecule has 11 heavy (non-hydrogen) atoms. The molecule has 1 heteroatoms. The van der Waals surface area contributed by atoms with Crippen molar-refractivity contribution in [3.63, 3.8) is 0 Å². The maximum atomic E-state index is 5.32. The van der Waals surface area contributed by atoms with Crippen LogP contribution in [-0.4, -0.2) is 4.86 Å². The fraction of sp³-hybridized carbons (Fsp3) is 0.900. The van der Waals surface area contributed by atoms with Crippen molar-refractivity contribution in [1.82, 2.24) is 0 Å². The highest BCUT2D eigenvalue weighted by atomic mass is 32.1.